The molecule has 2 heterocycles. The summed E-state index contributed by atoms with van der Waals surface area (Å²) in [6.07, 6.45) is 4.51. The minimum atomic E-state index is -2.99. The highest BCUT2D eigenvalue weighted by Gasteiger charge is 2.09. The number of hydrogen-bond donors (Lipinski definition) is 2. The van der Waals surface area contributed by atoms with Crippen molar-refractivity contribution in [1.29, 1.82) is 0 Å². The summed E-state index contributed by atoms with van der Waals surface area (Å²) in [6.45, 7) is 1.49. The first kappa shape index (κ1) is 28.9. The van der Waals surface area contributed by atoms with Crippen LogP contribution in [0.1, 0.15) is 11.1 Å². The molecule has 10 heteroatoms. The predicted molar refractivity (Wildman–Crippen MR) is 162 cm³/mol. The Balaban J connectivity index is 0.00000370. The summed E-state index contributed by atoms with van der Waals surface area (Å²) < 4.78 is 28.6. The van der Waals surface area contributed by atoms with Crippen molar-refractivity contribution in [2.24, 2.45) is 0 Å². The van der Waals surface area contributed by atoms with Gasteiger partial charge in [-0.1, -0.05) is 48.5 Å². The maximum Gasteiger partial charge on any atom is 0.148 e. The molecule has 40 heavy (non-hydrogen) atoms. The van der Waals surface area contributed by atoms with Crippen LogP contribution in [-0.2, 0) is 23.0 Å². The SMILES string of the molecule is CS(=O)(=O)CCNCc1cccc(-c2cc3c(Nc4ccc(OCc5ccccc5)cc4)ncnc3cn2)c1.Cl. The van der Waals surface area contributed by atoms with Crippen molar-refractivity contribution in [2.45, 2.75) is 13.2 Å². The van der Waals surface area contributed by atoms with Gasteiger partial charge in [0.05, 0.1) is 23.2 Å². The zero-order chi connectivity index (χ0) is 27.1. The van der Waals surface area contributed by atoms with Crippen LogP contribution in [0.25, 0.3) is 22.2 Å². The summed E-state index contributed by atoms with van der Waals surface area (Å²) in [5, 5.41) is 7.43. The van der Waals surface area contributed by atoms with Gasteiger partial charge >= 0.3 is 0 Å². The number of hydrogen-bond acceptors (Lipinski definition) is 8. The second-order valence-electron chi connectivity index (χ2n) is 9.24. The quantitative estimate of drug-likeness (QED) is 0.197. The van der Waals surface area contributed by atoms with Crippen molar-refractivity contribution in [2.75, 3.05) is 23.9 Å². The average molecular weight is 576 g/mol. The molecule has 5 rings (SSSR count). The van der Waals surface area contributed by atoms with Crippen LogP contribution in [0.4, 0.5) is 11.5 Å². The molecule has 0 atom stereocenters. The van der Waals surface area contributed by atoms with Crippen molar-refractivity contribution in [1.82, 2.24) is 20.3 Å². The number of benzene rings is 3. The average Bonchev–Trinajstić information content (AvgIpc) is 2.95. The van der Waals surface area contributed by atoms with Crippen molar-refractivity contribution < 1.29 is 13.2 Å². The summed E-state index contributed by atoms with van der Waals surface area (Å²) >= 11 is 0. The van der Waals surface area contributed by atoms with E-state index in [-0.39, 0.29) is 18.2 Å². The molecule has 0 unspecified atom stereocenters. The van der Waals surface area contributed by atoms with E-state index in [4.69, 9.17) is 4.74 Å². The predicted octanol–water partition coefficient (Wildman–Crippen LogP) is 5.57. The van der Waals surface area contributed by atoms with Crippen LogP contribution in [-0.4, -0.2) is 41.9 Å². The Bertz CT molecular complexity index is 1670. The molecule has 3 aromatic carbocycles. The number of pyridine rings is 1. The number of aromatic nitrogens is 3. The highest BCUT2D eigenvalue weighted by atomic mass is 35.5. The first-order valence-electron chi connectivity index (χ1n) is 12.6. The second-order valence-corrected chi connectivity index (χ2v) is 11.5. The number of nitrogens with one attached hydrogen (secondary N) is 2. The van der Waals surface area contributed by atoms with E-state index in [0.717, 1.165) is 44.7 Å². The van der Waals surface area contributed by atoms with Gasteiger partial charge in [0.15, 0.2) is 0 Å². The third kappa shape index (κ3) is 7.98. The number of ether oxygens (including phenoxy) is 1. The van der Waals surface area contributed by atoms with E-state index < -0.39 is 9.84 Å². The summed E-state index contributed by atoms with van der Waals surface area (Å²) in [6, 6.07) is 27.8. The molecule has 0 radical (unpaired) electrons. The molecule has 0 spiro atoms. The fourth-order valence-electron chi connectivity index (χ4n) is 4.06. The van der Waals surface area contributed by atoms with E-state index in [1.54, 1.807) is 6.20 Å². The van der Waals surface area contributed by atoms with Gasteiger partial charge in [0.2, 0.25) is 0 Å². The molecule has 0 saturated heterocycles. The normalized spacial score (nSPS) is 11.1. The molecule has 2 N–H and O–H groups in total. The van der Waals surface area contributed by atoms with Gasteiger partial charge in [-0.05, 0) is 47.5 Å². The van der Waals surface area contributed by atoms with Crippen LogP contribution in [0.5, 0.6) is 5.75 Å². The lowest BCUT2D eigenvalue weighted by atomic mass is 10.1. The largest absolute Gasteiger partial charge is 0.489 e. The van der Waals surface area contributed by atoms with Gasteiger partial charge < -0.3 is 15.4 Å². The van der Waals surface area contributed by atoms with E-state index in [9.17, 15) is 8.42 Å². The van der Waals surface area contributed by atoms with Gasteiger partial charge in [0, 0.05) is 36.0 Å². The van der Waals surface area contributed by atoms with E-state index in [0.29, 0.717) is 25.5 Å². The van der Waals surface area contributed by atoms with Gasteiger partial charge in [-0.3, -0.25) is 4.98 Å². The van der Waals surface area contributed by atoms with Crippen molar-refractivity contribution in [3.8, 4) is 17.0 Å². The number of sulfone groups is 1. The Morgan fingerprint density at radius 1 is 0.850 bits per heavy atom. The highest BCUT2D eigenvalue weighted by molar-refractivity contribution is 7.90. The van der Waals surface area contributed by atoms with Crippen LogP contribution in [0, 0.1) is 0 Å². The molecule has 206 valence electrons. The smallest absolute Gasteiger partial charge is 0.148 e. The van der Waals surface area contributed by atoms with Crippen LogP contribution < -0.4 is 15.4 Å². The monoisotopic (exact) mass is 575 g/mol. The Labute approximate surface area is 240 Å². The lowest BCUT2D eigenvalue weighted by Crippen LogP contribution is -2.21. The molecular weight excluding hydrogens is 546 g/mol. The van der Waals surface area contributed by atoms with Crippen LogP contribution in [0.3, 0.4) is 0 Å². The van der Waals surface area contributed by atoms with Gasteiger partial charge in [0.25, 0.3) is 0 Å². The fourth-order valence-corrected chi connectivity index (χ4v) is 4.57. The summed E-state index contributed by atoms with van der Waals surface area (Å²) in [4.78, 5) is 13.5. The minimum Gasteiger partial charge on any atom is -0.489 e. The maximum absolute atomic E-state index is 11.4. The summed E-state index contributed by atoms with van der Waals surface area (Å²) in [5.41, 5.74) is 5.52. The molecule has 0 amide bonds. The lowest BCUT2D eigenvalue weighted by Gasteiger charge is -2.11. The van der Waals surface area contributed by atoms with E-state index >= 15 is 0 Å². The number of rotatable bonds is 11. The molecule has 0 fully saturated rings. The molecule has 0 aliphatic rings. The minimum absolute atomic E-state index is 0. The van der Waals surface area contributed by atoms with Crippen LogP contribution >= 0.6 is 12.4 Å². The Kier molecular flexibility index (Phi) is 9.65. The van der Waals surface area contributed by atoms with Gasteiger partial charge in [-0.25, -0.2) is 18.4 Å². The summed E-state index contributed by atoms with van der Waals surface area (Å²) in [7, 11) is -2.99. The molecule has 0 aliphatic carbocycles. The Hall–Kier alpha value is -4.05. The van der Waals surface area contributed by atoms with Gasteiger partial charge in [-0.15, -0.1) is 12.4 Å². The number of halogens is 1. The third-order valence-corrected chi connectivity index (χ3v) is 7.03. The van der Waals surface area contributed by atoms with Crippen molar-refractivity contribution in [3.63, 3.8) is 0 Å². The number of fused-ring (bicyclic) bond motifs is 1. The molecule has 0 bridgehead atoms. The second kappa shape index (κ2) is 13.3. The fraction of sp³-hybridized carbons (Fsp3) is 0.167. The third-order valence-electron chi connectivity index (χ3n) is 6.09. The lowest BCUT2D eigenvalue weighted by molar-refractivity contribution is 0.306. The Morgan fingerprint density at radius 2 is 1.62 bits per heavy atom. The van der Waals surface area contributed by atoms with Crippen LogP contribution in [0.2, 0.25) is 0 Å². The molecular formula is C30H30ClN5O3S. The molecule has 5 aromatic rings. The standard InChI is InChI=1S/C30H29N5O3S.ClH/c1-39(36,37)15-14-31-18-23-8-5-9-24(16-23)28-17-27-29(19-32-28)33-21-34-30(27)35-25-10-12-26(13-11-25)38-20-22-6-3-2-4-7-22;/h2-13,16-17,19,21,31H,14-15,18,20H2,1H3,(H,33,34,35);1H. The molecule has 2 aromatic heterocycles. The Morgan fingerprint density at radius 3 is 2.40 bits per heavy atom. The van der Waals surface area contributed by atoms with Crippen LogP contribution in [0.15, 0.2) is 97.5 Å². The molecule has 0 saturated carbocycles. The van der Waals surface area contributed by atoms with Gasteiger partial charge in [0.1, 0.15) is 34.3 Å². The molecule has 8 nitrogen and oxygen atoms in total. The highest BCUT2D eigenvalue weighted by Crippen LogP contribution is 2.28. The first-order chi connectivity index (χ1) is 18.9. The topological polar surface area (TPSA) is 106 Å². The number of anilines is 2. The van der Waals surface area contributed by atoms with Crippen molar-refractivity contribution in [3.05, 3.63) is 109 Å². The van der Waals surface area contributed by atoms with Gasteiger partial charge in [-0.2, -0.15) is 0 Å². The zero-order valence-corrected chi connectivity index (χ0v) is 23.6. The van der Waals surface area contributed by atoms with E-state index in [1.165, 1.54) is 12.6 Å². The first-order valence-corrected chi connectivity index (χ1v) is 14.6. The summed E-state index contributed by atoms with van der Waals surface area (Å²) in [5.74, 6) is 1.58. The van der Waals surface area contributed by atoms with E-state index in [2.05, 4.69) is 25.6 Å². The molecule has 0 aliphatic heterocycles. The maximum atomic E-state index is 11.4. The number of nitrogens with zero attached hydrogens (tertiary/aromatic N) is 3. The van der Waals surface area contributed by atoms with Crippen molar-refractivity contribution >= 4 is 44.7 Å². The van der Waals surface area contributed by atoms with E-state index in [1.807, 2.05) is 84.9 Å². The zero-order valence-electron chi connectivity index (χ0n) is 21.9.